The van der Waals surface area contributed by atoms with Crippen LogP contribution in [0.3, 0.4) is 0 Å². The van der Waals surface area contributed by atoms with Gasteiger partial charge in [0.2, 0.25) is 0 Å². The van der Waals surface area contributed by atoms with Gasteiger partial charge in [-0.2, -0.15) is 30.7 Å². The van der Waals surface area contributed by atoms with E-state index in [4.69, 9.17) is 9.47 Å². The highest BCUT2D eigenvalue weighted by molar-refractivity contribution is 5.33. The van der Waals surface area contributed by atoms with E-state index < -0.39 is 30.0 Å². The lowest BCUT2D eigenvalue weighted by Crippen LogP contribution is -2.54. The third-order valence-corrected chi connectivity index (χ3v) is 4.18. The fraction of sp³-hybridized carbons (Fsp3) is 0.647. The molecule has 150 valence electrons. The molecule has 0 saturated carbocycles. The molecule has 1 aromatic rings. The van der Waals surface area contributed by atoms with E-state index in [-0.39, 0.29) is 17.4 Å². The minimum absolute atomic E-state index is 0.00143. The minimum Gasteiger partial charge on any atom is -0.491 e. The summed E-state index contributed by atoms with van der Waals surface area (Å²) in [5, 5.41) is 0. The zero-order chi connectivity index (χ0) is 20.4. The number of hydrogen-bond donors (Lipinski definition) is 0. The second-order valence-electron chi connectivity index (χ2n) is 6.25. The molecule has 0 heterocycles. The molecular weight excluding hydrogens is 369 g/mol. The molecular formula is C17H21F7O2. The molecule has 0 aliphatic carbocycles. The summed E-state index contributed by atoms with van der Waals surface area (Å²) in [6, 6.07) is 5.53. The summed E-state index contributed by atoms with van der Waals surface area (Å²) in [4.78, 5) is 0. The van der Waals surface area contributed by atoms with Crippen LogP contribution in [-0.2, 0) is 10.3 Å². The zero-order valence-electron chi connectivity index (χ0n) is 14.8. The maximum Gasteiger partial charge on any atom is 0.459 e. The molecule has 0 spiro atoms. The van der Waals surface area contributed by atoms with Crippen LogP contribution in [0, 0.1) is 0 Å². The molecule has 1 aromatic carbocycles. The number of rotatable bonds is 8. The van der Waals surface area contributed by atoms with Gasteiger partial charge in [0.05, 0.1) is 18.1 Å². The normalized spacial score (nSPS) is 16.9. The van der Waals surface area contributed by atoms with E-state index in [9.17, 15) is 30.7 Å². The third kappa shape index (κ3) is 4.61. The smallest absolute Gasteiger partial charge is 0.459 e. The standard InChI is InChI=1S/C17H21F7O2/c1-5-11(2)26-13-8-6-7-12(9-13)14(3,25-4)10-15(18,19)16(20,21)17(22,23)24/h6-9,11H,5,10H2,1-4H3. The van der Waals surface area contributed by atoms with E-state index >= 15 is 0 Å². The molecule has 0 N–H and O–H groups in total. The molecule has 0 amide bonds. The Morgan fingerprint density at radius 1 is 1.04 bits per heavy atom. The Balaban J connectivity index is 3.21. The van der Waals surface area contributed by atoms with Gasteiger partial charge in [0.1, 0.15) is 5.75 Å². The monoisotopic (exact) mass is 390 g/mol. The highest BCUT2D eigenvalue weighted by Crippen LogP contribution is 2.51. The second kappa shape index (κ2) is 7.62. The Hall–Kier alpha value is -1.51. The van der Waals surface area contributed by atoms with Crippen LogP contribution in [0.25, 0.3) is 0 Å². The van der Waals surface area contributed by atoms with E-state index in [2.05, 4.69) is 0 Å². The van der Waals surface area contributed by atoms with E-state index in [1.165, 1.54) is 24.3 Å². The van der Waals surface area contributed by atoms with Crippen LogP contribution >= 0.6 is 0 Å². The highest BCUT2D eigenvalue weighted by atomic mass is 19.4. The first-order valence-electron chi connectivity index (χ1n) is 7.85. The van der Waals surface area contributed by atoms with E-state index in [0.29, 0.717) is 6.42 Å². The maximum atomic E-state index is 13.8. The lowest BCUT2D eigenvalue weighted by molar-refractivity contribution is -0.362. The first-order chi connectivity index (χ1) is 11.7. The van der Waals surface area contributed by atoms with Crippen molar-refractivity contribution in [2.24, 2.45) is 0 Å². The first-order valence-corrected chi connectivity index (χ1v) is 7.85. The van der Waals surface area contributed by atoms with E-state index in [0.717, 1.165) is 14.0 Å². The van der Waals surface area contributed by atoms with Gasteiger partial charge in [-0.05, 0) is 38.0 Å². The van der Waals surface area contributed by atoms with Crippen molar-refractivity contribution < 1.29 is 40.2 Å². The average Bonchev–Trinajstić information content (AvgIpc) is 2.53. The molecule has 0 aromatic heterocycles. The van der Waals surface area contributed by atoms with Crippen molar-refractivity contribution in [1.29, 1.82) is 0 Å². The predicted molar refractivity (Wildman–Crippen MR) is 81.8 cm³/mol. The molecule has 0 fully saturated rings. The Labute approximate surface area is 147 Å². The van der Waals surface area contributed by atoms with Crippen molar-refractivity contribution in [3.05, 3.63) is 29.8 Å². The van der Waals surface area contributed by atoms with Gasteiger partial charge in [0.25, 0.3) is 0 Å². The van der Waals surface area contributed by atoms with Crippen molar-refractivity contribution in [3.63, 3.8) is 0 Å². The van der Waals surface area contributed by atoms with Gasteiger partial charge in [-0.1, -0.05) is 19.1 Å². The summed E-state index contributed by atoms with van der Waals surface area (Å²) in [6.07, 6.45) is -7.79. The summed E-state index contributed by atoms with van der Waals surface area (Å²) in [5.74, 6) is -11.3. The van der Waals surface area contributed by atoms with Crippen LogP contribution in [-0.4, -0.2) is 31.2 Å². The number of methoxy groups -OCH3 is 1. The van der Waals surface area contributed by atoms with Crippen LogP contribution in [0.2, 0.25) is 0 Å². The Bertz CT molecular complexity index is 601. The molecule has 1 rings (SSSR count). The van der Waals surface area contributed by atoms with Gasteiger partial charge >= 0.3 is 18.0 Å². The molecule has 2 nitrogen and oxygen atoms in total. The van der Waals surface area contributed by atoms with Crippen LogP contribution in [0.15, 0.2) is 24.3 Å². The molecule has 0 bridgehead atoms. The van der Waals surface area contributed by atoms with Crippen molar-refractivity contribution in [1.82, 2.24) is 0 Å². The van der Waals surface area contributed by atoms with Gasteiger partial charge in [0, 0.05) is 7.11 Å². The highest BCUT2D eigenvalue weighted by Gasteiger charge is 2.73. The summed E-state index contributed by atoms with van der Waals surface area (Å²) in [7, 11) is 0.962. The lowest BCUT2D eigenvalue weighted by atomic mass is 9.87. The Morgan fingerprint density at radius 2 is 1.62 bits per heavy atom. The van der Waals surface area contributed by atoms with Crippen molar-refractivity contribution in [3.8, 4) is 5.75 Å². The van der Waals surface area contributed by atoms with Crippen molar-refractivity contribution in [2.45, 2.75) is 63.3 Å². The van der Waals surface area contributed by atoms with Gasteiger partial charge in [0.15, 0.2) is 0 Å². The summed E-state index contributed by atoms with van der Waals surface area (Å²) < 4.78 is 102. The first kappa shape index (κ1) is 22.5. The zero-order valence-corrected chi connectivity index (χ0v) is 14.8. The fourth-order valence-electron chi connectivity index (χ4n) is 2.25. The number of hydrogen-bond acceptors (Lipinski definition) is 2. The molecule has 26 heavy (non-hydrogen) atoms. The van der Waals surface area contributed by atoms with Crippen LogP contribution in [0.5, 0.6) is 5.75 Å². The minimum atomic E-state index is -6.38. The molecule has 0 aliphatic heterocycles. The Morgan fingerprint density at radius 3 is 2.08 bits per heavy atom. The van der Waals surface area contributed by atoms with Crippen LogP contribution < -0.4 is 4.74 Å². The van der Waals surface area contributed by atoms with Gasteiger partial charge in [-0.15, -0.1) is 0 Å². The fourth-order valence-corrected chi connectivity index (χ4v) is 2.25. The quantitative estimate of drug-likeness (QED) is 0.511. The average molecular weight is 390 g/mol. The number of benzene rings is 1. The molecule has 0 aliphatic rings. The molecule has 2 atom stereocenters. The SMILES string of the molecule is CCC(C)Oc1cccc(C(C)(CC(F)(F)C(F)(F)C(F)(F)F)OC)c1. The molecule has 2 unspecified atom stereocenters. The Kier molecular flexibility index (Phi) is 6.60. The summed E-state index contributed by atoms with van der Waals surface area (Å²) >= 11 is 0. The number of alkyl halides is 7. The third-order valence-electron chi connectivity index (χ3n) is 4.18. The molecule has 0 radical (unpaired) electrons. The van der Waals surface area contributed by atoms with Crippen molar-refractivity contribution >= 4 is 0 Å². The lowest BCUT2D eigenvalue weighted by Gasteiger charge is -2.36. The van der Waals surface area contributed by atoms with Gasteiger partial charge < -0.3 is 9.47 Å². The maximum absolute atomic E-state index is 13.8. The largest absolute Gasteiger partial charge is 0.491 e. The summed E-state index contributed by atoms with van der Waals surface area (Å²) in [6.45, 7) is 4.64. The van der Waals surface area contributed by atoms with Gasteiger partial charge in [-0.25, -0.2) is 0 Å². The van der Waals surface area contributed by atoms with E-state index in [1.807, 2.05) is 6.92 Å². The van der Waals surface area contributed by atoms with E-state index in [1.54, 1.807) is 6.92 Å². The molecule has 9 heteroatoms. The predicted octanol–water partition coefficient (Wildman–Crippen LogP) is 5.95. The van der Waals surface area contributed by atoms with Crippen molar-refractivity contribution in [2.75, 3.05) is 7.11 Å². The van der Waals surface area contributed by atoms with Crippen LogP contribution in [0.1, 0.15) is 39.2 Å². The molecule has 0 saturated heterocycles. The number of ether oxygens (including phenoxy) is 2. The van der Waals surface area contributed by atoms with Crippen LogP contribution in [0.4, 0.5) is 30.7 Å². The number of halogens is 7. The van der Waals surface area contributed by atoms with Gasteiger partial charge in [-0.3, -0.25) is 0 Å². The topological polar surface area (TPSA) is 18.5 Å². The second-order valence-corrected chi connectivity index (χ2v) is 6.25. The summed E-state index contributed by atoms with van der Waals surface area (Å²) in [5.41, 5.74) is -2.09.